The Morgan fingerprint density at radius 2 is 2.69 bits per heavy atom. The molecular weight excluding hydrogens is 184 g/mol. The van der Waals surface area contributed by atoms with Gasteiger partial charge in [0.05, 0.1) is 23.6 Å². The monoisotopic (exact) mass is 198 g/mol. The summed E-state index contributed by atoms with van der Waals surface area (Å²) < 4.78 is 5.59. The minimum atomic E-state index is 0.716. The summed E-state index contributed by atoms with van der Waals surface area (Å²) in [5.74, 6) is 0.716. The van der Waals surface area contributed by atoms with E-state index in [9.17, 15) is 0 Å². The molecule has 1 atom stereocenters. The van der Waals surface area contributed by atoms with Gasteiger partial charge in [-0.05, 0) is 18.9 Å². The van der Waals surface area contributed by atoms with Gasteiger partial charge in [0.2, 0.25) is 0 Å². The second-order valence-corrected chi connectivity index (χ2v) is 4.31. The van der Waals surface area contributed by atoms with Crippen LogP contribution in [0.4, 0.5) is 0 Å². The highest BCUT2D eigenvalue weighted by molar-refractivity contribution is 7.09. The van der Waals surface area contributed by atoms with Crippen LogP contribution in [0.2, 0.25) is 0 Å². The van der Waals surface area contributed by atoms with Gasteiger partial charge in [-0.1, -0.05) is 0 Å². The molecule has 72 valence electrons. The van der Waals surface area contributed by atoms with Gasteiger partial charge < -0.3 is 10.1 Å². The SMILES string of the molecule is c1ncc(COCC2CCNC2)s1. The highest BCUT2D eigenvalue weighted by atomic mass is 32.1. The Labute approximate surface area is 82.1 Å². The normalized spacial score (nSPS) is 22.3. The Balaban J connectivity index is 1.63. The first-order valence-electron chi connectivity index (χ1n) is 4.61. The van der Waals surface area contributed by atoms with Crippen LogP contribution in [0.3, 0.4) is 0 Å². The zero-order valence-corrected chi connectivity index (χ0v) is 8.35. The van der Waals surface area contributed by atoms with Crippen molar-refractivity contribution in [2.24, 2.45) is 5.92 Å². The van der Waals surface area contributed by atoms with Crippen molar-refractivity contribution in [1.82, 2.24) is 10.3 Å². The minimum absolute atomic E-state index is 0.716. The summed E-state index contributed by atoms with van der Waals surface area (Å²) in [6.07, 6.45) is 3.13. The molecule has 13 heavy (non-hydrogen) atoms. The third kappa shape index (κ3) is 2.76. The quantitative estimate of drug-likeness (QED) is 0.791. The average molecular weight is 198 g/mol. The molecule has 0 aliphatic carbocycles. The second-order valence-electron chi connectivity index (χ2n) is 3.34. The first-order valence-corrected chi connectivity index (χ1v) is 5.49. The molecule has 1 saturated heterocycles. The largest absolute Gasteiger partial charge is 0.376 e. The molecule has 0 radical (unpaired) electrons. The smallest absolute Gasteiger partial charge is 0.0825 e. The molecule has 1 aromatic heterocycles. The van der Waals surface area contributed by atoms with E-state index in [4.69, 9.17) is 4.74 Å². The van der Waals surface area contributed by atoms with Crippen LogP contribution in [0.5, 0.6) is 0 Å². The van der Waals surface area contributed by atoms with E-state index in [1.54, 1.807) is 11.3 Å². The van der Waals surface area contributed by atoms with Gasteiger partial charge in [-0.15, -0.1) is 11.3 Å². The van der Waals surface area contributed by atoms with Gasteiger partial charge in [-0.2, -0.15) is 0 Å². The maximum absolute atomic E-state index is 5.59. The fraction of sp³-hybridized carbons (Fsp3) is 0.667. The summed E-state index contributed by atoms with van der Waals surface area (Å²) in [6.45, 7) is 3.86. The molecule has 0 amide bonds. The molecule has 1 fully saturated rings. The molecule has 0 saturated carbocycles. The van der Waals surface area contributed by atoms with Gasteiger partial charge in [-0.25, -0.2) is 0 Å². The lowest BCUT2D eigenvalue weighted by Gasteiger charge is -2.07. The van der Waals surface area contributed by atoms with Crippen molar-refractivity contribution < 1.29 is 4.74 Å². The number of nitrogens with zero attached hydrogens (tertiary/aromatic N) is 1. The molecule has 1 unspecified atom stereocenters. The van der Waals surface area contributed by atoms with Gasteiger partial charge in [0.25, 0.3) is 0 Å². The van der Waals surface area contributed by atoms with E-state index in [1.807, 2.05) is 11.7 Å². The van der Waals surface area contributed by atoms with Crippen molar-refractivity contribution in [3.63, 3.8) is 0 Å². The second kappa shape index (κ2) is 4.69. The molecule has 3 nitrogen and oxygen atoms in total. The maximum Gasteiger partial charge on any atom is 0.0825 e. The standard InChI is InChI=1S/C9H14N2OS/c1-2-10-3-8(1)5-12-6-9-4-11-7-13-9/h4,7-8,10H,1-3,5-6H2. The summed E-state index contributed by atoms with van der Waals surface area (Å²) in [5, 5.41) is 3.33. The molecule has 2 heterocycles. The van der Waals surface area contributed by atoms with Crippen molar-refractivity contribution in [3.05, 3.63) is 16.6 Å². The number of hydrogen-bond donors (Lipinski definition) is 1. The molecule has 0 aromatic carbocycles. The number of hydrogen-bond acceptors (Lipinski definition) is 4. The first kappa shape index (κ1) is 9.12. The molecular formula is C9H14N2OS. The summed E-state index contributed by atoms with van der Waals surface area (Å²) in [6, 6.07) is 0. The average Bonchev–Trinajstić information content (AvgIpc) is 2.75. The number of thiazole rings is 1. The van der Waals surface area contributed by atoms with Crippen molar-refractivity contribution in [1.29, 1.82) is 0 Å². The predicted molar refractivity (Wildman–Crippen MR) is 52.7 cm³/mol. The van der Waals surface area contributed by atoms with Crippen molar-refractivity contribution in [2.75, 3.05) is 19.7 Å². The lowest BCUT2D eigenvalue weighted by molar-refractivity contribution is 0.0942. The Morgan fingerprint density at radius 3 is 3.38 bits per heavy atom. The predicted octanol–water partition coefficient (Wildman–Crippen LogP) is 1.27. The van der Waals surface area contributed by atoms with Crippen LogP contribution in [0.1, 0.15) is 11.3 Å². The summed E-state index contributed by atoms with van der Waals surface area (Å²) >= 11 is 1.65. The number of ether oxygens (including phenoxy) is 1. The molecule has 1 aromatic rings. The Kier molecular flexibility index (Phi) is 3.29. The molecule has 0 bridgehead atoms. The molecule has 2 rings (SSSR count). The Hall–Kier alpha value is -0.450. The van der Waals surface area contributed by atoms with Crippen LogP contribution in [0.25, 0.3) is 0 Å². The fourth-order valence-corrected chi connectivity index (χ4v) is 2.03. The van der Waals surface area contributed by atoms with E-state index in [0.717, 1.165) is 26.3 Å². The highest BCUT2D eigenvalue weighted by Gasteiger charge is 2.13. The first-order chi connectivity index (χ1) is 6.45. The van der Waals surface area contributed by atoms with E-state index < -0.39 is 0 Å². The van der Waals surface area contributed by atoms with Crippen molar-refractivity contribution >= 4 is 11.3 Å². The Morgan fingerprint density at radius 1 is 1.69 bits per heavy atom. The number of nitrogens with one attached hydrogen (secondary N) is 1. The van der Waals surface area contributed by atoms with Crippen LogP contribution < -0.4 is 5.32 Å². The van der Waals surface area contributed by atoms with Gasteiger partial charge in [0, 0.05) is 12.7 Å². The van der Waals surface area contributed by atoms with Gasteiger partial charge in [0.15, 0.2) is 0 Å². The van der Waals surface area contributed by atoms with E-state index in [-0.39, 0.29) is 0 Å². The molecule has 0 spiro atoms. The van der Waals surface area contributed by atoms with E-state index in [2.05, 4.69) is 10.3 Å². The molecule has 1 N–H and O–H groups in total. The van der Waals surface area contributed by atoms with Crippen LogP contribution in [0, 0.1) is 5.92 Å². The van der Waals surface area contributed by atoms with Crippen LogP contribution in [-0.4, -0.2) is 24.7 Å². The third-order valence-corrected chi connectivity index (χ3v) is 3.00. The summed E-state index contributed by atoms with van der Waals surface area (Å²) in [4.78, 5) is 5.21. The fourth-order valence-electron chi connectivity index (χ4n) is 1.50. The van der Waals surface area contributed by atoms with E-state index in [1.165, 1.54) is 11.3 Å². The third-order valence-electron chi connectivity index (χ3n) is 2.24. The van der Waals surface area contributed by atoms with Gasteiger partial charge in [-0.3, -0.25) is 4.98 Å². The number of aromatic nitrogens is 1. The molecule has 1 aliphatic heterocycles. The Bertz CT molecular complexity index is 232. The summed E-state index contributed by atoms with van der Waals surface area (Å²) in [5.41, 5.74) is 1.84. The lowest BCUT2D eigenvalue weighted by Crippen LogP contribution is -2.13. The van der Waals surface area contributed by atoms with Crippen LogP contribution in [0.15, 0.2) is 11.7 Å². The van der Waals surface area contributed by atoms with Crippen molar-refractivity contribution in [2.45, 2.75) is 13.0 Å². The number of rotatable bonds is 4. The van der Waals surface area contributed by atoms with Gasteiger partial charge in [0.1, 0.15) is 0 Å². The van der Waals surface area contributed by atoms with Crippen molar-refractivity contribution in [3.8, 4) is 0 Å². The molecule has 1 aliphatic rings. The molecule has 4 heteroatoms. The van der Waals surface area contributed by atoms with Crippen LogP contribution >= 0.6 is 11.3 Å². The summed E-state index contributed by atoms with van der Waals surface area (Å²) in [7, 11) is 0. The zero-order valence-electron chi connectivity index (χ0n) is 7.53. The topological polar surface area (TPSA) is 34.1 Å². The highest BCUT2D eigenvalue weighted by Crippen LogP contribution is 2.11. The minimum Gasteiger partial charge on any atom is -0.376 e. The van der Waals surface area contributed by atoms with Crippen LogP contribution in [-0.2, 0) is 11.3 Å². The van der Waals surface area contributed by atoms with E-state index >= 15 is 0 Å². The maximum atomic E-state index is 5.59. The van der Waals surface area contributed by atoms with E-state index in [0.29, 0.717) is 5.92 Å². The van der Waals surface area contributed by atoms with Gasteiger partial charge >= 0.3 is 0 Å². The zero-order chi connectivity index (χ0) is 8.93. The lowest BCUT2D eigenvalue weighted by atomic mass is 10.1.